The molecular weight excluding hydrogens is 170 g/mol. The summed E-state index contributed by atoms with van der Waals surface area (Å²) in [6.07, 6.45) is 3.59. The van der Waals surface area contributed by atoms with Crippen molar-refractivity contribution < 1.29 is 4.79 Å². The van der Waals surface area contributed by atoms with Gasteiger partial charge in [0.25, 0.3) is 11.5 Å². The average molecular weight is 181 g/mol. The molecule has 0 saturated heterocycles. The van der Waals surface area contributed by atoms with Crippen LogP contribution in [0.2, 0.25) is 0 Å². The lowest BCUT2D eigenvalue weighted by Gasteiger charge is -2.00. The van der Waals surface area contributed by atoms with E-state index < -0.39 is 11.5 Å². The second-order valence-electron chi connectivity index (χ2n) is 2.52. The fraction of sp³-hybridized carbons (Fsp3) is 0.375. The molecule has 1 rings (SSSR count). The van der Waals surface area contributed by atoms with Gasteiger partial charge in [0.15, 0.2) is 5.69 Å². The smallest absolute Gasteiger partial charge is 0.279 e. The van der Waals surface area contributed by atoms with Gasteiger partial charge in [0.05, 0.1) is 0 Å². The molecule has 0 atom stereocenters. The van der Waals surface area contributed by atoms with Crippen molar-refractivity contribution in [3.63, 3.8) is 0 Å². The third kappa shape index (κ3) is 2.40. The van der Waals surface area contributed by atoms with Crippen LogP contribution in [0.25, 0.3) is 0 Å². The lowest BCUT2D eigenvalue weighted by Crippen LogP contribution is -2.31. The van der Waals surface area contributed by atoms with E-state index in [4.69, 9.17) is 0 Å². The Kier molecular flexibility index (Phi) is 3.19. The minimum Gasteiger partial charge on any atom is -0.351 e. The van der Waals surface area contributed by atoms with Gasteiger partial charge in [-0.15, -0.1) is 0 Å². The number of carbonyl (C=O) groups excluding carboxylic acids is 1. The molecule has 0 aliphatic carbocycles. The quantitative estimate of drug-likeness (QED) is 0.684. The summed E-state index contributed by atoms with van der Waals surface area (Å²) in [5.41, 5.74) is -0.549. The molecule has 5 nitrogen and oxygen atoms in total. The molecule has 1 aromatic heterocycles. The van der Waals surface area contributed by atoms with Crippen molar-refractivity contribution in [2.75, 3.05) is 6.54 Å². The third-order valence-electron chi connectivity index (χ3n) is 1.46. The van der Waals surface area contributed by atoms with Crippen molar-refractivity contribution >= 4 is 5.91 Å². The van der Waals surface area contributed by atoms with E-state index in [1.54, 1.807) is 0 Å². The molecule has 0 unspecified atom stereocenters. The molecule has 2 N–H and O–H groups in total. The van der Waals surface area contributed by atoms with Crippen LogP contribution in [0.5, 0.6) is 0 Å². The zero-order valence-electron chi connectivity index (χ0n) is 7.33. The normalized spacial score (nSPS) is 9.62. The Balaban J connectivity index is 2.77. The fourth-order valence-corrected chi connectivity index (χ4v) is 0.836. The molecule has 0 saturated carbocycles. The van der Waals surface area contributed by atoms with E-state index in [1.807, 2.05) is 6.92 Å². The van der Waals surface area contributed by atoms with Gasteiger partial charge in [-0.05, 0) is 6.42 Å². The van der Waals surface area contributed by atoms with E-state index in [0.29, 0.717) is 6.54 Å². The zero-order chi connectivity index (χ0) is 9.68. The number of amides is 1. The maximum absolute atomic E-state index is 11.2. The molecule has 70 valence electrons. The van der Waals surface area contributed by atoms with Gasteiger partial charge in [0, 0.05) is 18.9 Å². The molecule has 13 heavy (non-hydrogen) atoms. The van der Waals surface area contributed by atoms with Gasteiger partial charge in [0.1, 0.15) is 0 Å². The molecule has 0 radical (unpaired) electrons. The van der Waals surface area contributed by atoms with Gasteiger partial charge >= 0.3 is 0 Å². The predicted octanol–water partition coefficient (Wildman–Crippen LogP) is -0.0903. The summed E-state index contributed by atoms with van der Waals surface area (Å²) in [5.74, 6) is -0.427. The number of carbonyl (C=O) groups is 1. The summed E-state index contributed by atoms with van der Waals surface area (Å²) in [5, 5.41) is 2.57. The van der Waals surface area contributed by atoms with Crippen LogP contribution in [-0.4, -0.2) is 22.4 Å². The van der Waals surface area contributed by atoms with Crippen LogP contribution in [0, 0.1) is 0 Å². The van der Waals surface area contributed by atoms with Crippen molar-refractivity contribution in [3.05, 3.63) is 28.4 Å². The highest BCUT2D eigenvalue weighted by Gasteiger charge is 2.09. The molecule has 0 aliphatic heterocycles. The zero-order valence-corrected chi connectivity index (χ0v) is 7.33. The molecule has 1 heterocycles. The standard InChI is InChI=1S/C8H11N3O2/c1-2-3-10-7(12)6-8(13)11-5-4-9-6/h4-5H,2-3H2,1H3,(H,10,12)(H,11,13). The second kappa shape index (κ2) is 4.39. The van der Waals surface area contributed by atoms with Gasteiger partial charge in [-0.2, -0.15) is 0 Å². The highest BCUT2D eigenvalue weighted by atomic mass is 16.2. The van der Waals surface area contributed by atoms with Crippen molar-refractivity contribution in [2.45, 2.75) is 13.3 Å². The number of hydrogen-bond donors (Lipinski definition) is 2. The van der Waals surface area contributed by atoms with Crippen LogP contribution in [0.4, 0.5) is 0 Å². The van der Waals surface area contributed by atoms with E-state index in [9.17, 15) is 9.59 Å². The SMILES string of the molecule is CCCNC(=O)c1ncc[nH]c1=O. The van der Waals surface area contributed by atoms with E-state index in [-0.39, 0.29) is 5.69 Å². The van der Waals surface area contributed by atoms with Crippen LogP contribution >= 0.6 is 0 Å². The van der Waals surface area contributed by atoms with E-state index in [1.165, 1.54) is 12.4 Å². The van der Waals surface area contributed by atoms with Crippen LogP contribution in [0.1, 0.15) is 23.8 Å². The van der Waals surface area contributed by atoms with E-state index in [2.05, 4.69) is 15.3 Å². The summed E-state index contributed by atoms with van der Waals surface area (Å²) >= 11 is 0. The molecular formula is C8H11N3O2. The van der Waals surface area contributed by atoms with E-state index in [0.717, 1.165) is 6.42 Å². The molecule has 0 aliphatic rings. The number of nitrogens with one attached hydrogen (secondary N) is 2. The summed E-state index contributed by atoms with van der Waals surface area (Å²) in [7, 11) is 0. The number of H-pyrrole nitrogens is 1. The maximum Gasteiger partial charge on any atom is 0.279 e. The molecule has 5 heteroatoms. The lowest BCUT2D eigenvalue weighted by molar-refractivity contribution is 0.0947. The van der Waals surface area contributed by atoms with Gasteiger partial charge < -0.3 is 10.3 Å². The first-order chi connectivity index (χ1) is 6.25. The van der Waals surface area contributed by atoms with Gasteiger partial charge in [0.2, 0.25) is 0 Å². The number of hydrogen-bond acceptors (Lipinski definition) is 3. The predicted molar refractivity (Wildman–Crippen MR) is 47.5 cm³/mol. The van der Waals surface area contributed by atoms with Crippen molar-refractivity contribution in [2.24, 2.45) is 0 Å². The highest BCUT2D eigenvalue weighted by molar-refractivity contribution is 5.91. The molecule has 1 amide bonds. The summed E-state index contributed by atoms with van der Waals surface area (Å²) < 4.78 is 0. The molecule has 0 bridgehead atoms. The van der Waals surface area contributed by atoms with Crippen LogP contribution < -0.4 is 10.9 Å². The van der Waals surface area contributed by atoms with Crippen molar-refractivity contribution in [1.82, 2.24) is 15.3 Å². The fourth-order valence-electron chi connectivity index (χ4n) is 0.836. The van der Waals surface area contributed by atoms with Gasteiger partial charge in [-0.3, -0.25) is 9.59 Å². The van der Waals surface area contributed by atoms with Crippen molar-refractivity contribution in [3.8, 4) is 0 Å². The van der Waals surface area contributed by atoms with Crippen LogP contribution in [0.3, 0.4) is 0 Å². The van der Waals surface area contributed by atoms with Gasteiger partial charge in [-0.1, -0.05) is 6.92 Å². The number of aromatic nitrogens is 2. The minimum atomic E-state index is -0.462. The molecule has 0 fully saturated rings. The molecule has 1 aromatic rings. The average Bonchev–Trinajstić information content (AvgIpc) is 2.15. The van der Waals surface area contributed by atoms with Crippen LogP contribution in [0.15, 0.2) is 17.2 Å². The lowest BCUT2D eigenvalue weighted by atomic mass is 10.4. The first-order valence-electron chi connectivity index (χ1n) is 4.07. The van der Waals surface area contributed by atoms with Crippen molar-refractivity contribution in [1.29, 1.82) is 0 Å². The third-order valence-corrected chi connectivity index (χ3v) is 1.46. The monoisotopic (exact) mass is 181 g/mol. The topological polar surface area (TPSA) is 74.8 Å². The van der Waals surface area contributed by atoms with Gasteiger partial charge in [-0.25, -0.2) is 4.98 Å². The summed E-state index contributed by atoms with van der Waals surface area (Å²) in [6, 6.07) is 0. The largest absolute Gasteiger partial charge is 0.351 e. The Hall–Kier alpha value is -1.65. The first-order valence-corrected chi connectivity index (χ1v) is 4.07. The Morgan fingerprint density at radius 1 is 1.69 bits per heavy atom. The highest BCUT2D eigenvalue weighted by Crippen LogP contribution is 1.83. The Bertz CT molecular complexity index is 345. The minimum absolute atomic E-state index is 0.0871. The Labute approximate surface area is 75.2 Å². The molecule has 0 aromatic carbocycles. The maximum atomic E-state index is 11.2. The Morgan fingerprint density at radius 3 is 3.08 bits per heavy atom. The Morgan fingerprint density at radius 2 is 2.46 bits per heavy atom. The number of nitrogens with zero attached hydrogens (tertiary/aromatic N) is 1. The van der Waals surface area contributed by atoms with Crippen LogP contribution in [-0.2, 0) is 0 Å². The molecule has 0 spiro atoms. The number of rotatable bonds is 3. The number of aromatic amines is 1. The van der Waals surface area contributed by atoms with E-state index >= 15 is 0 Å². The summed E-state index contributed by atoms with van der Waals surface area (Å²) in [6.45, 7) is 2.48. The summed E-state index contributed by atoms with van der Waals surface area (Å²) in [4.78, 5) is 28.3. The first kappa shape index (κ1) is 9.44. The second-order valence-corrected chi connectivity index (χ2v) is 2.52.